The summed E-state index contributed by atoms with van der Waals surface area (Å²) < 4.78 is 1.07. The summed E-state index contributed by atoms with van der Waals surface area (Å²) in [6.07, 6.45) is 4.42. The van der Waals surface area contributed by atoms with Crippen molar-refractivity contribution in [1.29, 1.82) is 0 Å². The molecule has 0 spiro atoms. The first-order chi connectivity index (χ1) is 7.74. The first-order valence-corrected chi connectivity index (χ1v) is 6.50. The lowest BCUT2D eigenvalue weighted by molar-refractivity contribution is -0.117. The predicted octanol–water partition coefficient (Wildman–Crippen LogP) is 3.26. The minimum atomic E-state index is 0.224. The van der Waals surface area contributed by atoms with Crippen LogP contribution in [0.3, 0.4) is 0 Å². The monoisotopic (exact) mass is 295 g/mol. The molecule has 0 radical (unpaired) electrons. The van der Waals surface area contributed by atoms with Gasteiger partial charge in [-0.05, 0) is 39.7 Å². The van der Waals surface area contributed by atoms with Crippen LogP contribution in [0, 0.1) is 0 Å². The summed E-state index contributed by atoms with van der Waals surface area (Å²) >= 11 is 4.99. The number of pyridine rings is 1. The molecule has 0 fully saturated rings. The number of Topliss-reactive ketones (excluding diaryl/α,β-unsaturated/α-hetero) is 1. The standard InChI is InChI=1S/C12H10BrNOS/c13-12-4-3-11(16-12)7-10(15)6-9-2-1-5-14-8-9/h1-5,8H,6-7H2. The largest absolute Gasteiger partial charge is 0.299 e. The van der Waals surface area contributed by atoms with Gasteiger partial charge < -0.3 is 0 Å². The van der Waals surface area contributed by atoms with Gasteiger partial charge in [-0.1, -0.05) is 6.07 Å². The average Bonchev–Trinajstić information content (AvgIpc) is 2.65. The van der Waals surface area contributed by atoms with Gasteiger partial charge in [0.05, 0.1) is 3.79 Å². The van der Waals surface area contributed by atoms with Crippen molar-refractivity contribution in [2.45, 2.75) is 12.8 Å². The van der Waals surface area contributed by atoms with Crippen molar-refractivity contribution in [3.8, 4) is 0 Å². The quantitative estimate of drug-likeness (QED) is 0.867. The summed E-state index contributed by atoms with van der Waals surface area (Å²) in [6, 6.07) is 7.73. The average molecular weight is 296 g/mol. The lowest BCUT2D eigenvalue weighted by Gasteiger charge is -1.98. The van der Waals surface area contributed by atoms with E-state index in [1.165, 1.54) is 0 Å². The van der Waals surface area contributed by atoms with Crippen LogP contribution in [0.5, 0.6) is 0 Å². The predicted molar refractivity (Wildman–Crippen MR) is 68.7 cm³/mol. The summed E-state index contributed by atoms with van der Waals surface area (Å²) in [4.78, 5) is 16.8. The van der Waals surface area contributed by atoms with Gasteiger partial charge in [0, 0.05) is 30.1 Å². The molecule has 2 aromatic heterocycles. The van der Waals surface area contributed by atoms with Crippen molar-refractivity contribution in [3.05, 3.63) is 50.9 Å². The minimum absolute atomic E-state index is 0.224. The van der Waals surface area contributed by atoms with E-state index >= 15 is 0 Å². The molecule has 0 N–H and O–H groups in total. The second kappa shape index (κ2) is 5.37. The van der Waals surface area contributed by atoms with Crippen LogP contribution in [0.15, 0.2) is 40.4 Å². The van der Waals surface area contributed by atoms with E-state index < -0.39 is 0 Å². The molecule has 16 heavy (non-hydrogen) atoms. The van der Waals surface area contributed by atoms with Gasteiger partial charge >= 0.3 is 0 Å². The third-order valence-electron chi connectivity index (χ3n) is 2.12. The zero-order chi connectivity index (χ0) is 11.4. The SMILES string of the molecule is O=C(Cc1cccnc1)Cc1ccc(Br)s1. The maximum atomic E-state index is 11.8. The molecule has 0 aliphatic heterocycles. The van der Waals surface area contributed by atoms with E-state index in [1.54, 1.807) is 23.7 Å². The van der Waals surface area contributed by atoms with Crippen LogP contribution in [0.25, 0.3) is 0 Å². The van der Waals surface area contributed by atoms with Gasteiger partial charge in [0.15, 0.2) is 0 Å². The van der Waals surface area contributed by atoms with Crippen LogP contribution in [0.1, 0.15) is 10.4 Å². The van der Waals surface area contributed by atoms with Crippen LogP contribution >= 0.6 is 27.3 Å². The van der Waals surface area contributed by atoms with Gasteiger partial charge in [-0.25, -0.2) is 0 Å². The lowest BCUT2D eigenvalue weighted by Crippen LogP contribution is -2.05. The number of carbonyl (C=O) groups is 1. The highest BCUT2D eigenvalue weighted by Gasteiger charge is 2.07. The first kappa shape index (κ1) is 11.5. The van der Waals surface area contributed by atoms with Crippen molar-refractivity contribution in [2.24, 2.45) is 0 Å². The fourth-order valence-electron chi connectivity index (χ4n) is 1.43. The van der Waals surface area contributed by atoms with Crippen molar-refractivity contribution in [1.82, 2.24) is 4.98 Å². The molecule has 2 nitrogen and oxygen atoms in total. The molecule has 0 saturated heterocycles. The number of carbonyl (C=O) groups excluding carboxylic acids is 1. The second-order valence-corrected chi connectivity index (χ2v) is 6.01. The number of thiophene rings is 1. The van der Waals surface area contributed by atoms with Gasteiger partial charge in [-0.15, -0.1) is 11.3 Å². The molecule has 2 rings (SSSR count). The molecule has 0 bridgehead atoms. The zero-order valence-electron chi connectivity index (χ0n) is 8.52. The minimum Gasteiger partial charge on any atom is -0.299 e. The van der Waals surface area contributed by atoms with E-state index in [9.17, 15) is 4.79 Å². The Labute approximate surface area is 106 Å². The Bertz CT molecular complexity index is 481. The molecule has 0 aromatic carbocycles. The normalized spacial score (nSPS) is 10.3. The molecule has 0 saturated carbocycles. The molecular weight excluding hydrogens is 286 g/mol. The van der Waals surface area contributed by atoms with Gasteiger partial charge in [0.2, 0.25) is 0 Å². The Morgan fingerprint density at radius 1 is 1.31 bits per heavy atom. The first-order valence-electron chi connectivity index (χ1n) is 4.89. The number of nitrogens with zero attached hydrogens (tertiary/aromatic N) is 1. The number of rotatable bonds is 4. The van der Waals surface area contributed by atoms with Crippen LogP contribution in [0.4, 0.5) is 0 Å². The molecule has 0 atom stereocenters. The van der Waals surface area contributed by atoms with Crippen LogP contribution in [-0.4, -0.2) is 10.8 Å². The molecule has 0 aliphatic carbocycles. The van der Waals surface area contributed by atoms with E-state index in [1.807, 2.05) is 24.3 Å². The molecule has 2 heterocycles. The Morgan fingerprint density at radius 3 is 2.81 bits per heavy atom. The molecule has 2 aromatic rings. The Morgan fingerprint density at radius 2 is 2.19 bits per heavy atom. The maximum Gasteiger partial charge on any atom is 0.142 e. The fourth-order valence-corrected chi connectivity index (χ4v) is 2.95. The van der Waals surface area contributed by atoms with E-state index in [0.29, 0.717) is 12.8 Å². The van der Waals surface area contributed by atoms with Crippen molar-refractivity contribution < 1.29 is 4.79 Å². The summed E-state index contributed by atoms with van der Waals surface area (Å²) in [5.41, 5.74) is 0.975. The molecule has 0 aliphatic rings. The summed E-state index contributed by atoms with van der Waals surface area (Å²) in [7, 11) is 0. The molecule has 4 heteroatoms. The van der Waals surface area contributed by atoms with Gasteiger partial charge in [0.1, 0.15) is 5.78 Å². The van der Waals surface area contributed by atoms with Gasteiger partial charge in [-0.2, -0.15) is 0 Å². The van der Waals surface area contributed by atoms with E-state index in [4.69, 9.17) is 0 Å². The Hall–Kier alpha value is -1.000. The summed E-state index contributed by atoms with van der Waals surface area (Å²) in [6.45, 7) is 0. The van der Waals surface area contributed by atoms with Crippen molar-refractivity contribution in [3.63, 3.8) is 0 Å². The number of hydrogen-bond donors (Lipinski definition) is 0. The van der Waals surface area contributed by atoms with Crippen LogP contribution < -0.4 is 0 Å². The zero-order valence-corrected chi connectivity index (χ0v) is 10.9. The van der Waals surface area contributed by atoms with Crippen molar-refractivity contribution >= 4 is 33.0 Å². The Balaban J connectivity index is 1.95. The number of ketones is 1. The van der Waals surface area contributed by atoms with E-state index in [-0.39, 0.29) is 5.78 Å². The molecule has 0 unspecified atom stereocenters. The Kier molecular flexibility index (Phi) is 3.85. The third-order valence-corrected chi connectivity index (χ3v) is 3.75. The molecular formula is C12H10BrNOS. The van der Waals surface area contributed by atoms with Crippen LogP contribution in [-0.2, 0) is 17.6 Å². The summed E-state index contributed by atoms with van der Waals surface area (Å²) in [5, 5.41) is 0. The second-order valence-electron chi connectivity index (χ2n) is 3.46. The van der Waals surface area contributed by atoms with Gasteiger partial charge in [-0.3, -0.25) is 9.78 Å². The molecule has 82 valence electrons. The number of aromatic nitrogens is 1. The number of hydrogen-bond acceptors (Lipinski definition) is 3. The number of halogens is 1. The third kappa shape index (κ3) is 3.25. The topological polar surface area (TPSA) is 30.0 Å². The highest BCUT2D eigenvalue weighted by molar-refractivity contribution is 9.11. The lowest BCUT2D eigenvalue weighted by atomic mass is 10.1. The van der Waals surface area contributed by atoms with Gasteiger partial charge in [0.25, 0.3) is 0 Å². The summed E-state index contributed by atoms with van der Waals surface area (Å²) in [5.74, 6) is 0.224. The highest BCUT2D eigenvalue weighted by Crippen LogP contribution is 2.22. The van der Waals surface area contributed by atoms with Crippen LogP contribution in [0.2, 0.25) is 0 Å². The smallest absolute Gasteiger partial charge is 0.142 e. The molecule has 0 amide bonds. The maximum absolute atomic E-state index is 11.8. The van der Waals surface area contributed by atoms with E-state index in [2.05, 4.69) is 20.9 Å². The highest BCUT2D eigenvalue weighted by atomic mass is 79.9. The fraction of sp³-hybridized carbons (Fsp3) is 0.167. The van der Waals surface area contributed by atoms with Crippen molar-refractivity contribution in [2.75, 3.05) is 0 Å². The van der Waals surface area contributed by atoms with E-state index in [0.717, 1.165) is 14.2 Å².